The van der Waals surface area contributed by atoms with Crippen molar-refractivity contribution in [3.8, 4) is 0 Å². The van der Waals surface area contributed by atoms with E-state index in [1.54, 1.807) is 24.3 Å². The van der Waals surface area contributed by atoms with Crippen molar-refractivity contribution >= 4 is 21.5 Å². The first-order chi connectivity index (χ1) is 10.0. The predicted molar refractivity (Wildman–Crippen MR) is 80.3 cm³/mol. The van der Waals surface area contributed by atoms with Crippen molar-refractivity contribution in [1.82, 2.24) is 15.3 Å². The number of fused-ring (bicyclic) bond motifs is 1. The minimum absolute atomic E-state index is 0.295. The summed E-state index contributed by atoms with van der Waals surface area (Å²) in [4.78, 5) is 9.06. The molecule has 2 aromatic rings. The van der Waals surface area contributed by atoms with E-state index in [1.165, 1.54) is 11.8 Å². The lowest BCUT2D eigenvalue weighted by Crippen LogP contribution is -2.25. The van der Waals surface area contributed by atoms with E-state index < -0.39 is 9.84 Å². The van der Waals surface area contributed by atoms with Crippen LogP contribution in [0.25, 0.3) is 0 Å². The number of sulfone groups is 1. The van der Waals surface area contributed by atoms with Crippen LogP contribution in [0.3, 0.4) is 0 Å². The number of nitrogens with zero attached hydrogens (tertiary/aromatic N) is 2. The Morgan fingerprint density at radius 2 is 2.00 bits per heavy atom. The molecule has 7 heteroatoms. The maximum atomic E-state index is 11.4. The summed E-state index contributed by atoms with van der Waals surface area (Å²) in [5.41, 5.74) is 2.93. The van der Waals surface area contributed by atoms with Crippen molar-refractivity contribution in [3.05, 3.63) is 41.7 Å². The first-order valence-corrected chi connectivity index (χ1v) is 8.54. The van der Waals surface area contributed by atoms with E-state index in [1.807, 2.05) is 6.20 Å². The third kappa shape index (κ3) is 3.20. The summed E-state index contributed by atoms with van der Waals surface area (Å²) >= 11 is 0. The molecule has 0 spiro atoms. The molecule has 2 N–H and O–H groups in total. The van der Waals surface area contributed by atoms with Gasteiger partial charge in [-0.25, -0.2) is 18.4 Å². The Hall–Kier alpha value is -1.99. The Bertz CT molecular complexity index is 757. The molecule has 6 nitrogen and oxygen atoms in total. The van der Waals surface area contributed by atoms with Gasteiger partial charge in [0, 0.05) is 24.7 Å². The molecule has 3 rings (SSSR count). The molecule has 2 heterocycles. The zero-order chi connectivity index (χ0) is 14.9. The lowest BCUT2D eigenvalue weighted by atomic mass is 10.1. The normalized spacial score (nSPS) is 14.5. The number of rotatable bonds is 3. The molecule has 0 radical (unpaired) electrons. The van der Waals surface area contributed by atoms with E-state index in [0.29, 0.717) is 10.8 Å². The maximum absolute atomic E-state index is 11.4. The van der Waals surface area contributed by atoms with E-state index >= 15 is 0 Å². The zero-order valence-electron chi connectivity index (χ0n) is 11.6. The van der Waals surface area contributed by atoms with Crippen LogP contribution >= 0.6 is 0 Å². The molecule has 0 saturated carbocycles. The molecular weight excluding hydrogens is 288 g/mol. The Kier molecular flexibility index (Phi) is 3.60. The van der Waals surface area contributed by atoms with Gasteiger partial charge in [0.05, 0.1) is 10.6 Å². The fraction of sp³-hybridized carbons (Fsp3) is 0.286. The minimum atomic E-state index is -3.17. The van der Waals surface area contributed by atoms with Gasteiger partial charge in [0.2, 0.25) is 5.95 Å². The van der Waals surface area contributed by atoms with Crippen LogP contribution in [-0.4, -0.2) is 31.2 Å². The summed E-state index contributed by atoms with van der Waals surface area (Å²) in [5, 5.41) is 6.36. The van der Waals surface area contributed by atoms with Crippen molar-refractivity contribution in [2.75, 3.05) is 18.1 Å². The summed E-state index contributed by atoms with van der Waals surface area (Å²) in [6, 6.07) is 6.55. The zero-order valence-corrected chi connectivity index (χ0v) is 12.4. The highest BCUT2D eigenvalue weighted by Gasteiger charge is 2.12. The first-order valence-electron chi connectivity index (χ1n) is 6.65. The van der Waals surface area contributed by atoms with Gasteiger partial charge in [-0.15, -0.1) is 0 Å². The number of hydrogen-bond donors (Lipinski definition) is 2. The molecule has 1 aromatic heterocycles. The average molecular weight is 304 g/mol. The minimum Gasteiger partial charge on any atom is -0.324 e. The van der Waals surface area contributed by atoms with Crippen LogP contribution in [0.15, 0.2) is 35.4 Å². The number of anilines is 2. The molecule has 21 heavy (non-hydrogen) atoms. The molecule has 0 amide bonds. The van der Waals surface area contributed by atoms with Gasteiger partial charge in [-0.2, -0.15) is 0 Å². The van der Waals surface area contributed by atoms with Gasteiger partial charge in [0.25, 0.3) is 0 Å². The second-order valence-corrected chi connectivity index (χ2v) is 7.03. The van der Waals surface area contributed by atoms with Gasteiger partial charge in [-0.3, -0.25) is 0 Å². The van der Waals surface area contributed by atoms with Crippen molar-refractivity contribution in [2.24, 2.45) is 0 Å². The monoisotopic (exact) mass is 304 g/mol. The van der Waals surface area contributed by atoms with Crippen LogP contribution in [0, 0.1) is 0 Å². The van der Waals surface area contributed by atoms with E-state index in [9.17, 15) is 8.42 Å². The lowest BCUT2D eigenvalue weighted by molar-refractivity contribution is 0.602. The van der Waals surface area contributed by atoms with Crippen LogP contribution in [0.5, 0.6) is 0 Å². The molecule has 0 fully saturated rings. The largest absolute Gasteiger partial charge is 0.324 e. The average Bonchev–Trinajstić information content (AvgIpc) is 2.47. The molecule has 0 atom stereocenters. The summed E-state index contributed by atoms with van der Waals surface area (Å²) in [7, 11) is -3.17. The van der Waals surface area contributed by atoms with Gasteiger partial charge < -0.3 is 10.6 Å². The molecule has 1 aliphatic rings. The molecule has 0 unspecified atom stereocenters. The molecule has 0 aliphatic carbocycles. The summed E-state index contributed by atoms with van der Waals surface area (Å²) in [6.07, 6.45) is 3.98. The fourth-order valence-electron chi connectivity index (χ4n) is 2.21. The van der Waals surface area contributed by atoms with Crippen LogP contribution in [0.2, 0.25) is 0 Å². The number of hydrogen-bond acceptors (Lipinski definition) is 6. The summed E-state index contributed by atoms with van der Waals surface area (Å²) in [6.45, 7) is 1.70. The van der Waals surface area contributed by atoms with Crippen LogP contribution in [-0.2, 0) is 22.8 Å². The second kappa shape index (κ2) is 5.42. The van der Waals surface area contributed by atoms with Gasteiger partial charge in [0.15, 0.2) is 9.84 Å². The summed E-state index contributed by atoms with van der Waals surface area (Å²) in [5.74, 6) is 0.518. The Morgan fingerprint density at radius 3 is 2.71 bits per heavy atom. The van der Waals surface area contributed by atoms with E-state index in [2.05, 4.69) is 20.6 Å². The highest BCUT2D eigenvalue weighted by molar-refractivity contribution is 7.90. The standard InChI is InChI=1S/C14H16N4O2S/c1-21(19,20)12-4-2-11(3-5-12)17-14-16-8-10-6-7-15-9-13(10)18-14/h2-5,8,15H,6-7,9H2,1H3,(H,16,17,18). The van der Waals surface area contributed by atoms with Gasteiger partial charge >= 0.3 is 0 Å². The van der Waals surface area contributed by atoms with E-state index in [4.69, 9.17) is 0 Å². The quantitative estimate of drug-likeness (QED) is 0.888. The van der Waals surface area contributed by atoms with Crippen molar-refractivity contribution in [3.63, 3.8) is 0 Å². The highest BCUT2D eigenvalue weighted by Crippen LogP contribution is 2.18. The van der Waals surface area contributed by atoms with Gasteiger partial charge in [0.1, 0.15) is 0 Å². The fourth-order valence-corrected chi connectivity index (χ4v) is 2.84. The van der Waals surface area contributed by atoms with Gasteiger partial charge in [-0.1, -0.05) is 0 Å². The molecule has 1 aromatic carbocycles. The Morgan fingerprint density at radius 1 is 1.24 bits per heavy atom. The molecular formula is C14H16N4O2S. The van der Waals surface area contributed by atoms with Crippen molar-refractivity contribution in [2.45, 2.75) is 17.9 Å². The third-order valence-corrected chi connectivity index (χ3v) is 4.48. The predicted octanol–water partition coefficient (Wildman–Crippen LogP) is 1.27. The first kappa shape index (κ1) is 14.0. The Labute approximate surface area is 123 Å². The van der Waals surface area contributed by atoms with Crippen molar-refractivity contribution < 1.29 is 8.42 Å². The number of benzene rings is 1. The van der Waals surface area contributed by atoms with E-state index in [-0.39, 0.29) is 0 Å². The van der Waals surface area contributed by atoms with Gasteiger partial charge in [-0.05, 0) is 42.8 Å². The highest BCUT2D eigenvalue weighted by atomic mass is 32.2. The molecule has 0 saturated heterocycles. The van der Waals surface area contributed by atoms with Crippen LogP contribution in [0.1, 0.15) is 11.3 Å². The summed E-state index contributed by atoms with van der Waals surface area (Å²) < 4.78 is 22.8. The van der Waals surface area contributed by atoms with Crippen molar-refractivity contribution in [1.29, 1.82) is 0 Å². The smallest absolute Gasteiger partial charge is 0.227 e. The second-order valence-electron chi connectivity index (χ2n) is 5.01. The maximum Gasteiger partial charge on any atom is 0.227 e. The lowest BCUT2D eigenvalue weighted by Gasteiger charge is -2.16. The molecule has 0 bridgehead atoms. The van der Waals surface area contributed by atoms with E-state index in [0.717, 1.165) is 30.9 Å². The molecule has 1 aliphatic heterocycles. The van der Waals surface area contributed by atoms with Crippen LogP contribution in [0.4, 0.5) is 11.6 Å². The SMILES string of the molecule is CS(=O)(=O)c1ccc(Nc2ncc3c(n2)CNCC3)cc1. The number of aromatic nitrogens is 2. The Balaban J connectivity index is 1.80. The number of nitrogens with one attached hydrogen (secondary N) is 2. The molecule has 110 valence electrons. The third-order valence-electron chi connectivity index (χ3n) is 3.36. The van der Waals surface area contributed by atoms with Crippen LogP contribution < -0.4 is 10.6 Å². The topological polar surface area (TPSA) is 84.0 Å².